The zero-order valence-corrected chi connectivity index (χ0v) is 17.9. The molecule has 1 aliphatic rings. The minimum atomic E-state index is 0.174. The fourth-order valence-electron chi connectivity index (χ4n) is 3.87. The van der Waals surface area contributed by atoms with Crippen molar-refractivity contribution in [2.24, 2.45) is 0 Å². The third kappa shape index (κ3) is 3.94. The summed E-state index contributed by atoms with van der Waals surface area (Å²) in [6.07, 6.45) is 2.29. The minimum absolute atomic E-state index is 0.174. The molecule has 1 aliphatic heterocycles. The van der Waals surface area contributed by atoms with Gasteiger partial charge in [0.1, 0.15) is 5.82 Å². The first-order chi connectivity index (χ1) is 15.1. The Morgan fingerprint density at radius 1 is 1.19 bits per heavy atom. The van der Waals surface area contributed by atoms with Crippen LogP contribution in [0.15, 0.2) is 48.5 Å². The molecule has 8 heteroatoms. The molecule has 0 amide bonds. The lowest BCUT2D eigenvalue weighted by atomic mass is 10.1. The lowest BCUT2D eigenvalue weighted by Gasteiger charge is -2.12. The Bertz CT molecular complexity index is 1230. The van der Waals surface area contributed by atoms with Crippen LogP contribution in [-0.4, -0.2) is 39.0 Å². The van der Waals surface area contributed by atoms with Crippen molar-refractivity contribution in [3.63, 3.8) is 0 Å². The largest absolute Gasteiger partial charge is 0.383 e. The van der Waals surface area contributed by atoms with Crippen molar-refractivity contribution in [1.82, 2.24) is 19.7 Å². The van der Waals surface area contributed by atoms with E-state index in [2.05, 4.69) is 10.3 Å². The lowest BCUT2D eigenvalue weighted by molar-refractivity contribution is 0.120. The summed E-state index contributed by atoms with van der Waals surface area (Å²) in [4.78, 5) is 9.45. The lowest BCUT2D eigenvalue weighted by Crippen LogP contribution is -2.19. The van der Waals surface area contributed by atoms with E-state index in [1.54, 1.807) is 4.68 Å². The monoisotopic (exact) mass is 434 g/mol. The van der Waals surface area contributed by atoms with Crippen LogP contribution in [0, 0.1) is 6.92 Å². The summed E-state index contributed by atoms with van der Waals surface area (Å²) in [6.45, 7) is 3.49. The van der Waals surface area contributed by atoms with Crippen molar-refractivity contribution in [3.8, 4) is 16.9 Å². The molecule has 1 fully saturated rings. The van der Waals surface area contributed by atoms with Gasteiger partial charge in [0.2, 0.25) is 5.95 Å². The summed E-state index contributed by atoms with van der Waals surface area (Å²) < 4.78 is 7.43. The van der Waals surface area contributed by atoms with Crippen LogP contribution >= 0.6 is 11.6 Å². The number of hydrogen-bond donors (Lipinski definition) is 2. The highest BCUT2D eigenvalue weighted by molar-refractivity contribution is 6.30. The molecule has 1 saturated heterocycles. The zero-order valence-electron chi connectivity index (χ0n) is 17.2. The van der Waals surface area contributed by atoms with Gasteiger partial charge in [0.15, 0.2) is 5.65 Å². The average molecular weight is 435 g/mol. The number of hydrogen-bond acceptors (Lipinski definition) is 6. The molecule has 0 saturated carbocycles. The smallest absolute Gasteiger partial charge is 0.225 e. The molecular weight excluding hydrogens is 412 g/mol. The highest BCUT2D eigenvalue weighted by Crippen LogP contribution is 2.33. The average Bonchev–Trinajstić information content (AvgIpc) is 3.40. The fraction of sp³-hybridized carbons (Fsp3) is 0.261. The Morgan fingerprint density at radius 3 is 2.77 bits per heavy atom. The SMILES string of the molecule is Cc1cccc(-n2nc3nc(NC[C@@H]4CCCO4)nc(-c4ccc(Cl)cc4)c3c2N)c1. The molecule has 2 aromatic heterocycles. The summed E-state index contributed by atoms with van der Waals surface area (Å²) in [5.41, 5.74) is 10.7. The van der Waals surface area contributed by atoms with Gasteiger partial charge in [-0.2, -0.15) is 4.98 Å². The van der Waals surface area contributed by atoms with Crippen LogP contribution in [-0.2, 0) is 4.74 Å². The van der Waals surface area contributed by atoms with Gasteiger partial charge in [0.05, 0.1) is 22.9 Å². The molecule has 0 spiro atoms. The van der Waals surface area contributed by atoms with Gasteiger partial charge in [0, 0.05) is 23.7 Å². The van der Waals surface area contributed by atoms with E-state index >= 15 is 0 Å². The number of aromatic nitrogens is 4. The summed E-state index contributed by atoms with van der Waals surface area (Å²) in [5, 5.41) is 9.40. The maximum Gasteiger partial charge on any atom is 0.225 e. The Balaban J connectivity index is 1.63. The van der Waals surface area contributed by atoms with Crippen LogP contribution in [0.25, 0.3) is 28.0 Å². The molecular formula is C23H23ClN6O. The Labute approximate surface area is 185 Å². The van der Waals surface area contributed by atoms with Crippen LogP contribution in [0.1, 0.15) is 18.4 Å². The second-order valence-electron chi connectivity index (χ2n) is 7.75. The van der Waals surface area contributed by atoms with E-state index in [9.17, 15) is 0 Å². The minimum Gasteiger partial charge on any atom is -0.383 e. The molecule has 3 heterocycles. The van der Waals surface area contributed by atoms with Crippen LogP contribution in [0.3, 0.4) is 0 Å². The number of anilines is 2. The second-order valence-corrected chi connectivity index (χ2v) is 8.19. The van der Waals surface area contributed by atoms with E-state index < -0.39 is 0 Å². The Kier molecular flexibility index (Phi) is 5.21. The van der Waals surface area contributed by atoms with Crippen molar-refractivity contribution in [2.45, 2.75) is 25.9 Å². The van der Waals surface area contributed by atoms with E-state index in [0.717, 1.165) is 36.3 Å². The molecule has 1 atom stereocenters. The van der Waals surface area contributed by atoms with E-state index in [1.807, 2.05) is 55.5 Å². The number of ether oxygens (including phenoxy) is 1. The first kappa shape index (κ1) is 19.8. The molecule has 0 unspecified atom stereocenters. The number of rotatable bonds is 5. The maximum atomic E-state index is 6.57. The van der Waals surface area contributed by atoms with Crippen LogP contribution < -0.4 is 11.1 Å². The van der Waals surface area contributed by atoms with Crippen molar-refractivity contribution in [3.05, 3.63) is 59.1 Å². The summed E-state index contributed by atoms with van der Waals surface area (Å²) in [5.74, 6) is 0.998. The van der Waals surface area contributed by atoms with E-state index in [4.69, 9.17) is 32.2 Å². The van der Waals surface area contributed by atoms with Crippen LogP contribution in [0.4, 0.5) is 11.8 Å². The van der Waals surface area contributed by atoms with Crippen molar-refractivity contribution < 1.29 is 4.74 Å². The zero-order chi connectivity index (χ0) is 21.4. The number of nitrogens with zero attached hydrogens (tertiary/aromatic N) is 4. The predicted octanol–water partition coefficient (Wildman–Crippen LogP) is 4.62. The normalized spacial score (nSPS) is 16.1. The molecule has 0 radical (unpaired) electrons. The third-order valence-corrected chi connectivity index (χ3v) is 5.70. The highest BCUT2D eigenvalue weighted by atomic mass is 35.5. The van der Waals surface area contributed by atoms with Crippen LogP contribution in [0.2, 0.25) is 5.02 Å². The number of fused-ring (bicyclic) bond motifs is 1. The molecule has 4 aromatic rings. The number of nitrogens with one attached hydrogen (secondary N) is 1. The standard InChI is InChI=1S/C23H23ClN6O/c1-14-4-2-5-17(12-14)30-21(25)19-20(15-7-9-16(24)10-8-15)27-23(28-22(19)29-30)26-13-18-6-3-11-31-18/h2,4-5,7-10,12,18H,3,6,11,13,25H2,1H3,(H,26,28,29)/t18-/m0/s1. The Hall–Kier alpha value is -3.16. The van der Waals surface area contributed by atoms with Gasteiger partial charge in [0.25, 0.3) is 0 Å². The van der Waals surface area contributed by atoms with Crippen LogP contribution in [0.5, 0.6) is 0 Å². The quantitative estimate of drug-likeness (QED) is 0.476. The number of nitrogen functional groups attached to an aromatic ring is 1. The first-order valence-corrected chi connectivity index (χ1v) is 10.7. The molecule has 0 bridgehead atoms. The molecule has 7 nitrogen and oxygen atoms in total. The Morgan fingerprint density at radius 2 is 2.03 bits per heavy atom. The molecule has 5 rings (SSSR count). The van der Waals surface area contributed by atoms with Gasteiger partial charge in [-0.05, 0) is 49.6 Å². The van der Waals surface area contributed by atoms with Crippen molar-refractivity contribution >= 4 is 34.4 Å². The van der Waals surface area contributed by atoms with Gasteiger partial charge in [-0.15, -0.1) is 5.10 Å². The highest BCUT2D eigenvalue weighted by Gasteiger charge is 2.20. The van der Waals surface area contributed by atoms with E-state index in [1.165, 1.54) is 0 Å². The molecule has 3 N–H and O–H groups in total. The number of aryl methyl sites for hydroxylation is 1. The number of halogens is 1. The third-order valence-electron chi connectivity index (χ3n) is 5.44. The summed E-state index contributed by atoms with van der Waals surface area (Å²) in [6, 6.07) is 15.6. The predicted molar refractivity (Wildman–Crippen MR) is 124 cm³/mol. The maximum absolute atomic E-state index is 6.57. The van der Waals surface area contributed by atoms with Gasteiger partial charge in [-0.3, -0.25) is 0 Å². The topological polar surface area (TPSA) is 90.9 Å². The van der Waals surface area contributed by atoms with Crippen molar-refractivity contribution in [1.29, 1.82) is 0 Å². The van der Waals surface area contributed by atoms with Crippen molar-refractivity contribution in [2.75, 3.05) is 24.2 Å². The molecule has 31 heavy (non-hydrogen) atoms. The summed E-state index contributed by atoms with van der Waals surface area (Å²) in [7, 11) is 0. The fourth-order valence-corrected chi connectivity index (χ4v) is 4.00. The van der Waals surface area contributed by atoms with Gasteiger partial charge >= 0.3 is 0 Å². The molecule has 2 aromatic carbocycles. The van der Waals surface area contributed by atoms with E-state index in [0.29, 0.717) is 40.1 Å². The van der Waals surface area contributed by atoms with E-state index in [-0.39, 0.29) is 6.10 Å². The summed E-state index contributed by atoms with van der Waals surface area (Å²) >= 11 is 6.10. The first-order valence-electron chi connectivity index (χ1n) is 10.3. The van der Waals surface area contributed by atoms with Gasteiger partial charge in [-0.1, -0.05) is 35.9 Å². The number of benzene rings is 2. The van der Waals surface area contributed by atoms with Gasteiger partial charge in [-0.25, -0.2) is 9.67 Å². The number of nitrogens with two attached hydrogens (primary N) is 1. The molecule has 158 valence electrons. The van der Waals surface area contributed by atoms with Gasteiger partial charge < -0.3 is 15.8 Å². The second kappa shape index (κ2) is 8.17. The molecule has 0 aliphatic carbocycles.